The predicted molar refractivity (Wildman–Crippen MR) is 119 cm³/mol. The number of carbonyl (C=O) groups is 1. The van der Waals surface area contributed by atoms with E-state index in [0.717, 1.165) is 65.3 Å². The van der Waals surface area contributed by atoms with Crippen LogP contribution in [0.1, 0.15) is 0 Å². The van der Waals surface area contributed by atoms with E-state index in [1.54, 1.807) is 4.90 Å². The van der Waals surface area contributed by atoms with Gasteiger partial charge in [0.25, 0.3) is 0 Å². The first-order valence-electron chi connectivity index (χ1n) is 9.91. The highest BCUT2D eigenvalue weighted by atomic mass is 16.1. The summed E-state index contributed by atoms with van der Waals surface area (Å²) in [4.78, 5) is 17.9. The quantitative estimate of drug-likeness (QED) is 0.467. The number of nitrogens with one attached hydrogen (secondary N) is 1. The molecule has 1 aliphatic rings. The smallest absolute Gasteiger partial charge is 0.214 e. The van der Waals surface area contributed by atoms with Gasteiger partial charge in [-0.05, 0) is 46.4 Å². The van der Waals surface area contributed by atoms with E-state index in [-0.39, 0.29) is 0 Å². The number of anilines is 3. The zero-order chi connectivity index (χ0) is 20.5. The third-order valence-electron chi connectivity index (χ3n) is 5.32. The average Bonchev–Trinajstić information content (AvgIpc) is 3.08. The van der Waals surface area contributed by atoms with Crippen molar-refractivity contribution in [2.75, 3.05) is 58.0 Å². The maximum atomic E-state index is 11.9. The number of likely N-dealkylation sites (N-methyl/N-ethyl adjacent to an activating group) is 2. The van der Waals surface area contributed by atoms with Crippen molar-refractivity contribution in [1.29, 1.82) is 0 Å². The van der Waals surface area contributed by atoms with Crippen LogP contribution in [0.25, 0.3) is 22.2 Å². The summed E-state index contributed by atoms with van der Waals surface area (Å²) in [5, 5.41) is 9.62. The lowest BCUT2D eigenvalue weighted by molar-refractivity contribution is -0.107. The molecule has 0 atom stereocenters. The maximum Gasteiger partial charge on any atom is 0.214 e. The summed E-state index contributed by atoms with van der Waals surface area (Å²) in [6, 6.07) is 12.3. The molecule has 7 heteroatoms. The summed E-state index contributed by atoms with van der Waals surface area (Å²) in [5.41, 5.74) is 6.02. The van der Waals surface area contributed by atoms with Gasteiger partial charge >= 0.3 is 0 Å². The number of hydrogen-bond acceptors (Lipinski definition) is 5. The van der Waals surface area contributed by atoms with Crippen molar-refractivity contribution >= 4 is 34.4 Å². The minimum Gasteiger partial charge on any atom is -0.353 e. The van der Waals surface area contributed by atoms with Crippen molar-refractivity contribution in [3.05, 3.63) is 36.4 Å². The van der Waals surface area contributed by atoms with Gasteiger partial charge in [0.05, 0.1) is 28.8 Å². The molecule has 1 aromatic heterocycles. The van der Waals surface area contributed by atoms with Crippen LogP contribution in [-0.2, 0) is 11.3 Å². The van der Waals surface area contributed by atoms with Crippen molar-refractivity contribution in [2.24, 2.45) is 0 Å². The second-order valence-corrected chi connectivity index (χ2v) is 8.00. The third kappa shape index (κ3) is 3.59. The standard InChI is InChI=1S/C22H28N6O/c1-25(2)11-13-27(15-29)19-10-9-18-20-21(24-28(18)14-12-26(3)4)16-7-5-6-8-17(16)23-22(19)20/h5-10,15,23H,11-14H2,1-4H3. The molecule has 2 aromatic carbocycles. The van der Waals surface area contributed by atoms with Gasteiger partial charge in [-0.2, -0.15) is 5.10 Å². The Balaban J connectivity index is 1.87. The van der Waals surface area contributed by atoms with E-state index < -0.39 is 0 Å². The minimum absolute atomic E-state index is 0.627. The second kappa shape index (κ2) is 7.85. The summed E-state index contributed by atoms with van der Waals surface area (Å²) in [6.45, 7) is 3.14. The maximum absolute atomic E-state index is 11.9. The molecule has 0 spiro atoms. The second-order valence-electron chi connectivity index (χ2n) is 8.00. The highest BCUT2D eigenvalue weighted by molar-refractivity contribution is 6.14. The molecule has 0 bridgehead atoms. The summed E-state index contributed by atoms with van der Waals surface area (Å²) in [5.74, 6) is 0. The molecule has 152 valence electrons. The lowest BCUT2D eigenvalue weighted by Crippen LogP contribution is -2.31. The van der Waals surface area contributed by atoms with Gasteiger partial charge in [0.2, 0.25) is 6.41 Å². The van der Waals surface area contributed by atoms with Crippen molar-refractivity contribution in [2.45, 2.75) is 6.54 Å². The Morgan fingerprint density at radius 3 is 2.48 bits per heavy atom. The van der Waals surface area contributed by atoms with E-state index in [1.165, 1.54) is 0 Å². The molecule has 0 radical (unpaired) electrons. The zero-order valence-electron chi connectivity index (χ0n) is 17.5. The number of rotatable bonds is 8. The number of fused-ring (bicyclic) bond motifs is 2. The van der Waals surface area contributed by atoms with Crippen LogP contribution < -0.4 is 10.2 Å². The van der Waals surface area contributed by atoms with Gasteiger partial charge in [-0.1, -0.05) is 18.2 Å². The van der Waals surface area contributed by atoms with Crippen LogP contribution in [0.3, 0.4) is 0 Å². The number of amides is 1. The lowest BCUT2D eigenvalue weighted by atomic mass is 9.99. The van der Waals surface area contributed by atoms with Gasteiger partial charge in [-0.3, -0.25) is 9.48 Å². The number of aromatic nitrogens is 2. The molecule has 0 saturated heterocycles. The molecular formula is C22H28N6O. The van der Waals surface area contributed by atoms with E-state index in [2.05, 4.69) is 52.1 Å². The molecule has 0 fully saturated rings. The van der Waals surface area contributed by atoms with Gasteiger partial charge in [-0.15, -0.1) is 0 Å². The number of carbonyl (C=O) groups excluding carboxylic acids is 1. The number of benzene rings is 2. The summed E-state index contributed by atoms with van der Waals surface area (Å²) in [7, 11) is 8.16. The van der Waals surface area contributed by atoms with Crippen LogP contribution in [0.15, 0.2) is 36.4 Å². The van der Waals surface area contributed by atoms with Crippen LogP contribution in [0, 0.1) is 0 Å². The fourth-order valence-corrected chi connectivity index (χ4v) is 3.75. The number of nitrogens with zero attached hydrogens (tertiary/aromatic N) is 5. The zero-order valence-corrected chi connectivity index (χ0v) is 17.5. The Labute approximate surface area is 171 Å². The normalized spacial score (nSPS) is 12.3. The van der Waals surface area contributed by atoms with E-state index >= 15 is 0 Å². The van der Waals surface area contributed by atoms with E-state index in [4.69, 9.17) is 5.10 Å². The van der Waals surface area contributed by atoms with Crippen molar-refractivity contribution in [3.63, 3.8) is 0 Å². The molecule has 0 unspecified atom stereocenters. The van der Waals surface area contributed by atoms with E-state index in [0.29, 0.717) is 6.54 Å². The largest absolute Gasteiger partial charge is 0.353 e. The highest BCUT2D eigenvalue weighted by Gasteiger charge is 2.26. The molecule has 3 aromatic rings. The van der Waals surface area contributed by atoms with Crippen LogP contribution in [-0.4, -0.2) is 73.8 Å². The molecule has 7 nitrogen and oxygen atoms in total. The molecule has 1 aliphatic heterocycles. The SMILES string of the molecule is CN(C)CCN(C=O)c1ccc2c3c(nn2CCN(C)C)-c2ccccc2Nc13. The highest BCUT2D eigenvalue weighted by Crippen LogP contribution is 2.47. The fraction of sp³-hybridized carbons (Fsp3) is 0.364. The summed E-state index contributed by atoms with van der Waals surface area (Å²) in [6.07, 6.45) is 0.916. The monoisotopic (exact) mass is 392 g/mol. The van der Waals surface area contributed by atoms with Gasteiger partial charge in [0.1, 0.15) is 5.69 Å². The molecule has 2 heterocycles. The first-order valence-corrected chi connectivity index (χ1v) is 9.91. The van der Waals surface area contributed by atoms with Gasteiger partial charge in [0.15, 0.2) is 0 Å². The molecule has 29 heavy (non-hydrogen) atoms. The van der Waals surface area contributed by atoms with Crippen LogP contribution >= 0.6 is 0 Å². The summed E-state index contributed by atoms with van der Waals surface area (Å²) < 4.78 is 2.08. The fourth-order valence-electron chi connectivity index (χ4n) is 3.75. The average molecular weight is 393 g/mol. The lowest BCUT2D eigenvalue weighted by Gasteiger charge is -2.26. The van der Waals surface area contributed by atoms with Crippen LogP contribution in [0.5, 0.6) is 0 Å². The van der Waals surface area contributed by atoms with Gasteiger partial charge in [-0.25, -0.2) is 0 Å². The Kier molecular flexibility index (Phi) is 5.25. The molecular weight excluding hydrogens is 364 g/mol. The Bertz CT molecular complexity index is 1040. The first kappa shape index (κ1) is 19.4. The molecule has 1 amide bonds. The van der Waals surface area contributed by atoms with E-state index in [1.807, 2.05) is 32.3 Å². The number of hydrogen-bond donors (Lipinski definition) is 1. The Morgan fingerprint density at radius 1 is 1.00 bits per heavy atom. The van der Waals surface area contributed by atoms with Crippen molar-refractivity contribution < 1.29 is 4.79 Å². The topological polar surface area (TPSA) is 56.6 Å². The van der Waals surface area contributed by atoms with Crippen LogP contribution in [0.2, 0.25) is 0 Å². The van der Waals surface area contributed by atoms with E-state index in [9.17, 15) is 4.79 Å². The third-order valence-corrected chi connectivity index (χ3v) is 5.32. The number of para-hydroxylation sites is 1. The summed E-state index contributed by atoms with van der Waals surface area (Å²) >= 11 is 0. The van der Waals surface area contributed by atoms with Crippen LogP contribution in [0.4, 0.5) is 17.1 Å². The Morgan fingerprint density at radius 2 is 1.76 bits per heavy atom. The molecule has 0 saturated carbocycles. The van der Waals surface area contributed by atoms with Gasteiger partial charge < -0.3 is 20.0 Å². The first-order chi connectivity index (χ1) is 14.0. The minimum atomic E-state index is 0.627. The van der Waals surface area contributed by atoms with Gasteiger partial charge in [0, 0.05) is 30.9 Å². The van der Waals surface area contributed by atoms with Crippen molar-refractivity contribution in [1.82, 2.24) is 19.6 Å². The Hall–Kier alpha value is -2.90. The van der Waals surface area contributed by atoms with Crippen molar-refractivity contribution in [3.8, 4) is 11.3 Å². The molecule has 4 rings (SSSR count). The molecule has 0 aliphatic carbocycles. The molecule has 1 N–H and O–H groups in total. The predicted octanol–water partition coefficient (Wildman–Crippen LogP) is 2.85.